The molecule has 68 valence electrons. The van der Waals surface area contributed by atoms with E-state index in [0.717, 1.165) is 18.4 Å². The van der Waals surface area contributed by atoms with Crippen molar-refractivity contribution < 1.29 is 4.79 Å². The lowest BCUT2D eigenvalue weighted by molar-refractivity contribution is -0.115. The largest absolute Gasteiger partial charge is 0.295 e. The van der Waals surface area contributed by atoms with Gasteiger partial charge in [0, 0.05) is 6.42 Å². The molecule has 12 heavy (non-hydrogen) atoms. The van der Waals surface area contributed by atoms with Gasteiger partial charge in [-0.05, 0) is 29.7 Å². The van der Waals surface area contributed by atoms with Gasteiger partial charge >= 0.3 is 0 Å². The molecular formula is C11H18O. The first-order chi connectivity index (χ1) is 5.57. The Morgan fingerprint density at radius 1 is 1.58 bits per heavy atom. The van der Waals surface area contributed by atoms with E-state index >= 15 is 0 Å². The molecule has 0 N–H and O–H groups in total. The summed E-state index contributed by atoms with van der Waals surface area (Å²) in [7, 11) is 0. The molecule has 0 saturated heterocycles. The Morgan fingerprint density at radius 3 is 2.50 bits per heavy atom. The fourth-order valence-corrected chi connectivity index (χ4v) is 2.20. The van der Waals surface area contributed by atoms with Gasteiger partial charge in [-0.3, -0.25) is 4.79 Å². The predicted molar refractivity (Wildman–Crippen MR) is 50.9 cm³/mol. The predicted octanol–water partition coefficient (Wildman–Crippen LogP) is 2.81. The Labute approximate surface area is 74.9 Å². The number of carbonyl (C=O) groups excluding carboxylic acids is 1. The van der Waals surface area contributed by atoms with Crippen LogP contribution in [0.25, 0.3) is 0 Å². The van der Waals surface area contributed by atoms with E-state index in [4.69, 9.17) is 0 Å². The minimum absolute atomic E-state index is 0.292. The van der Waals surface area contributed by atoms with Gasteiger partial charge in [0.2, 0.25) is 0 Å². The number of hydrogen-bond donors (Lipinski definition) is 0. The van der Waals surface area contributed by atoms with Gasteiger partial charge in [-0.1, -0.05) is 27.4 Å². The number of ketones is 1. The molecule has 1 heteroatoms. The van der Waals surface area contributed by atoms with Crippen LogP contribution in [0.1, 0.15) is 33.6 Å². The Hall–Kier alpha value is -0.590. The lowest BCUT2D eigenvalue weighted by atomic mass is 9.83. The Kier molecular flexibility index (Phi) is 2.71. The fourth-order valence-electron chi connectivity index (χ4n) is 2.20. The van der Waals surface area contributed by atoms with Crippen LogP contribution in [-0.2, 0) is 4.79 Å². The number of Topliss-reactive ketones (excluding diaryl/α,β-unsaturated/α-hetero) is 1. The standard InChI is InChI=1S/C11H18O/c1-5-9-8(4)11(12)6-10(9)7(2)3/h7,9-10H,4-6H2,1-3H3/t9-,10+/m1/s1. The van der Waals surface area contributed by atoms with E-state index in [1.807, 2.05) is 0 Å². The van der Waals surface area contributed by atoms with Crippen molar-refractivity contribution in [2.45, 2.75) is 33.6 Å². The number of hydrogen-bond acceptors (Lipinski definition) is 1. The molecule has 0 amide bonds. The zero-order chi connectivity index (χ0) is 9.30. The van der Waals surface area contributed by atoms with Crippen LogP contribution >= 0.6 is 0 Å². The summed E-state index contributed by atoms with van der Waals surface area (Å²) in [5.74, 6) is 1.91. The molecule has 0 aromatic heterocycles. The Balaban J connectivity index is 2.78. The van der Waals surface area contributed by atoms with Crippen LogP contribution in [0, 0.1) is 17.8 Å². The van der Waals surface area contributed by atoms with Crippen molar-refractivity contribution in [1.82, 2.24) is 0 Å². The molecule has 0 aromatic rings. The maximum atomic E-state index is 11.4. The highest BCUT2D eigenvalue weighted by Crippen LogP contribution is 2.39. The summed E-state index contributed by atoms with van der Waals surface area (Å²) in [6.07, 6.45) is 1.79. The summed E-state index contributed by atoms with van der Waals surface area (Å²) in [5, 5.41) is 0. The molecule has 1 fully saturated rings. The molecule has 1 saturated carbocycles. The lowest BCUT2D eigenvalue weighted by Crippen LogP contribution is -2.13. The molecule has 0 radical (unpaired) electrons. The van der Waals surface area contributed by atoms with E-state index < -0.39 is 0 Å². The Bertz CT molecular complexity index is 203. The van der Waals surface area contributed by atoms with Gasteiger partial charge in [-0.25, -0.2) is 0 Å². The van der Waals surface area contributed by atoms with Gasteiger partial charge in [0.25, 0.3) is 0 Å². The second kappa shape index (κ2) is 3.42. The molecule has 2 atom stereocenters. The van der Waals surface area contributed by atoms with Crippen LogP contribution in [0.4, 0.5) is 0 Å². The summed E-state index contributed by atoms with van der Waals surface area (Å²) < 4.78 is 0. The highest BCUT2D eigenvalue weighted by Gasteiger charge is 2.36. The van der Waals surface area contributed by atoms with E-state index in [-0.39, 0.29) is 0 Å². The summed E-state index contributed by atoms with van der Waals surface area (Å²) in [6.45, 7) is 10.4. The second-order valence-corrected chi connectivity index (χ2v) is 4.08. The highest BCUT2D eigenvalue weighted by molar-refractivity contribution is 5.97. The van der Waals surface area contributed by atoms with Crippen LogP contribution in [0.5, 0.6) is 0 Å². The van der Waals surface area contributed by atoms with E-state index in [1.165, 1.54) is 0 Å². The van der Waals surface area contributed by atoms with Crippen molar-refractivity contribution in [2.24, 2.45) is 17.8 Å². The number of allylic oxidation sites excluding steroid dienone is 1. The minimum atomic E-state index is 0.292. The smallest absolute Gasteiger partial charge is 0.158 e. The van der Waals surface area contributed by atoms with Crippen LogP contribution < -0.4 is 0 Å². The summed E-state index contributed by atoms with van der Waals surface area (Å²) >= 11 is 0. The molecule has 1 aliphatic carbocycles. The number of rotatable bonds is 2. The minimum Gasteiger partial charge on any atom is -0.295 e. The molecule has 1 aliphatic rings. The molecule has 0 bridgehead atoms. The molecular weight excluding hydrogens is 148 g/mol. The molecule has 0 aliphatic heterocycles. The normalized spacial score (nSPS) is 30.3. The highest BCUT2D eigenvalue weighted by atomic mass is 16.1. The fraction of sp³-hybridized carbons (Fsp3) is 0.727. The molecule has 0 aromatic carbocycles. The van der Waals surface area contributed by atoms with E-state index in [2.05, 4.69) is 27.4 Å². The van der Waals surface area contributed by atoms with Crippen LogP contribution in [-0.4, -0.2) is 5.78 Å². The van der Waals surface area contributed by atoms with Crippen molar-refractivity contribution in [3.63, 3.8) is 0 Å². The molecule has 1 nitrogen and oxygen atoms in total. The summed E-state index contributed by atoms with van der Waals surface area (Å²) in [5.41, 5.74) is 0.871. The average Bonchev–Trinajstić information content (AvgIpc) is 2.29. The molecule has 0 spiro atoms. The quantitative estimate of drug-likeness (QED) is 0.576. The molecule has 0 unspecified atom stereocenters. The van der Waals surface area contributed by atoms with Crippen molar-refractivity contribution in [3.05, 3.63) is 12.2 Å². The van der Waals surface area contributed by atoms with Gasteiger partial charge in [0.1, 0.15) is 0 Å². The van der Waals surface area contributed by atoms with Gasteiger partial charge in [0.05, 0.1) is 0 Å². The SMILES string of the molecule is C=C1C(=O)C[C@@H](C(C)C)[C@@H]1CC. The van der Waals surface area contributed by atoms with Gasteiger partial charge in [-0.15, -0.1) is 0 Å². The van der Waals surface area contributed by atoms with E-state index in [9.17, 15) is 4.79 Å². The summed E-state index contributed by atoms with van der Waals surface area (Å²) in [4.78, 5) is 11.4. The third-order valence-corrected chi connectivity index (χ3v) is 3.04. The molecule has 0 heterocycles. The maximum Gasteiger partial charge on any atom is 0.158 e. The van der Waals surface area contributed by atoms with Crippen LogP contribution in [0.3, 0.4) is 0 Å². The topological polar surface area (TPSA) is 17.1 Å². The second-order valence-electron chi connectivity index (χ2n) is 4.08. The first kappa shape index (κ1) is 9.50. The number of carbonyl (C=O) groups is 1. The van der Waals surface area contributed by atoms with Crippen molar-refractivity contribution in [1.29, 1.82) is 0 Å². The lowest BCUT2D eigenvalue weighted by Gasteiger charge is -2.20. The van der Waals surface area contributed by atoms with Gasteiger partial charge in [0.15, 0.2) is 5.78 Å². The maximum absolute atomic E-state index is 11.4. The zero-order valence-electron chi connectivity index (χ0n) is 8.26. The average molecular weight is 166 g/mol. The zero-order valence-corrected chi connectivity index (χ0v) is 8.26. The molecule has 1 rings (SSSR count). The van der Waals surface area contributed by atoms with Crippen molar-refractivity contribution in [3.8, 4) is 0 Å². The van der Waals surface area contributed by atoms with Crippen molar-refractivity contribution >= 4 is 5.78 Å². The first-order valence-corrected chi connectivity index (χ1v) is 4.79. The Morgan fingerprint density at radius 2 is 2.17 bits per heavy atom. The van der Waals surface area contributed by atoms with E-state index in [1.54, 1.807) is 0 Å². The third-order valence-electron chi connectivity index (χ3n) is 3.04. The van der Waals surface area contributed by atoms with Crippen LogP contribution in [0.15, 0.2) is 12.2 Å². The van der Waals surface area contributed by atoms with Gasteiger partial charge in [-0.2, -0.15) is 0 Å². The first-order valence-electron chi connectivity index (χ1n) is 4.79. The van der Waals surface area contributed by atoms with Crippen LogP contribution in [0.2, 0.25) is 0 Å². The van der Waals surface area contributed by atoms with Gasteiger partial charge < -0.3 is 0 Å². The van der Waals surface area contributed by atoms with Crippen molar-refractivity contribution in [2.75, 3.05) is 0 Å². The third kappa shape index (κ3) is 1.45. The van der Waals surface area contributed by atoms with E-state index in [0.29, 0.717) is 23.5 Å². The monoisotopic (exact) mass is 166 g/mol. The summed E-state index contributed by atoms with van der Waals surface area (Å²) in [6, 6.07) is 0.